The highest BCUT2D eigenvalue weighted by Gasteiger charge is 2.23. The van der Waals surface area contributed by atoms with Gasteiger partial charge < -0.3 is 20.5 Å². The van der Waals surface area contributed by atoms with E-state index in [2.05, 4.69) is 5.32 Å². The molecule has 0 unspecified atom stereocenters. The summed E-state index contributed by atoms with van der Waals surface area (Å²) in [5.74, 6) is 1.54. The molecule has 0 bridgehead atoms. The van der Waals surface area contributed by atoms with Crippen molar-refractivity contribution >= 4 is 6.03 Å². The van der Waals surface area contributed by atoms with Crippen molar-refractivity contribution in [1.82, 2.24) is 5.32 Å². The molecule has 0 radical (unpaired) electrons. The number of ether oxygens (including phenoxy) is 2. The zero-order valence-corrected chi connectivity index (χ0v) is 11.4. The molecule has 5 heteroatoms. The summed E-state index contributed by atoms with van der Waals surface area (Å²) in [7, 11) is 0. The minimum Gasteiger partial charge on any atom is -0.490 e. The monoisotopic (exact) mass is 264 g/mol. The third-order valence-corrected chi connectivity index (χ3v) is 3.23. The number of primary amides is 1. The van der Waals surface area contributed by atoms with Gasteiger partial charge in [0.2, 0.25) is 0 Å². The van der Waals surface area contributed by atoms with Gasteiger partial charge >= 0.3 is 6.03 Å². The Hall–Kier alpha value is -1.91. The molecule has 3 N–H and O–H groups in total. The molecule has 0 spiro atoms. The number of hydrogen-bond acceptors (Lipinski definition) is 3. The molecule has 0 saturated heterocycles. The lowest BCUT2D eigenvalue weighted by atomic mass is 9.84. The van der Waals surface area contributed by atoms with Crippen LogP contribution in [0.25, 0.3) is 0 Å². The molecule has 5 nitrogen and oxygen atoms in total. The molecule has 104 valence electrons. The minimum atomic E-state index is -0.512. The van der Waals surface area contributed by atoms with Crippen LogP contribution in [0.15, 0.2) is 18.2 Å². The van der Waals surface area contributed by atoms with Crippen molar-refractivity contribution in [3.05, 3.63) is 23.8 Å². The van der Waals surface area contributed by atoms with E-state index in [9.17, 15) is 4.79 Å². The maximum atomic E-state index is 10.8. The normalized spacial score (nSPS) is 14.6. The van der Waals surface area contributed by atoms with Gasteiger partial charge in [-0.15, -0.1) is 0 Å². The number of urea groups is 1. The van der Waals surface area contributed by atoms with Crippen LogP contribution in [0.4, 0.5) is 4.79 Å². The Bertz CT molecular complexity index is 472. The van der Waals surface area contributed by atoms with Crippen LogP contribution >= 0.6 is 0 Å². The fourth-order valence-electron chi connectivity index (χ4n) is 1.99. The smallest absolute Gasteiger partial charge is 0.312 e. The van der Waals surface area contributed by atoms with Gasteiger partial charge in [-0.3, -0.25) is 0 Å². The van der Waals surface area contributed by atoms with Crippen molar-refractivity contribution in [2.75, 3.05) is 19.8 Å². The second-order valence-electron chi connectivity index (χ2n) is 5.31. The summed E-state index contributed by atoms with van der Waals surface area (Å²) in [6.07, 6.45) is 0.886. The number of fused-ring (bicyclic) bond motifs is 1. The maximum Gasteiger partial charge on any atom is 0.312 e. The summed E-state index contributed by atoms with van der Waals surface area (Å²) in [4.78, 5) is 10.8. The lowest BCUT2D eigenvalue weighted by Gasteiger charge is -2.26. The molecule has 0 aromatic heterocycles. The Morgan fingerprint density at radius 2 is 2.00 bits per heavy atom. The first-order chi connectivity index (χ1) is 8.99. The van der Waals surface area contributed by atoms with Crippen molar-refractivity contribution in [1.29, 1.82) is 0 Å². The highest BCUT2D eigenvalue weighted by atomic mass is 16.5. The third-order valence-electron chi connectivity index (χ3n) is 3.23. The lowest BCUT2D eigenvalue weighted by Crippen LogP contribution is -2.39. The summed E-state index contributed by atoms with van der Waals surface area (Å²) in [6.45, 7) is 5.90. The highest BCUT2D eigenvalue weighted by Crippen LogP contribution is 2.34. The van der Waals surface area contributed by atoms with Crippen LogP contribution in [0, 0.1) is 0 Å². The number of benzene rings is 1. The fraction of sp³-hybridized carbons (Fsp3) is 0.500. The fourth-order valence-corrected chi connectivity index (χ4v) is 1.99. The number of carbonyl (C=O) groups excluding carboxylic acids is 1. The standard InChI is InChI=1S/C14H20N2O3/c1-14(2,9-16-13(15)17)10-4-5-11-12(8-10)19-7-3-6-18-11/h4-5,8H,3,6-7,9H2,1-2H3,(H3,15,16,17). The number of carbonyl (C=O) groups is 1. The maximum absolute atomic E-state index is 10.8. The van der Waals surface area contributed by atoms with E-state index in [0.717, 1.165) is 23.5 Å². The molecule has 1 aromatic carbocycles. The predicted octanol–water partition coefficient (Wildman–Crippen LogP) is 1.79. The zero-order chi connectivity index (χ0) is 13.9. The van der Waals surface area contributed by atoms with E-state index in [1.54, 1.807) is 0 Å². The first-order valence-electron chi connectivity index (χ1n) is 6.42. The molecule has 1 aromatic rings. The topological polar surface area (TPSA) is 73.6 Å². The van der Waals surface area contributed by atoms with Crippen molar-refractivity contribution in [2.45, 2.75) is 25.7 Å². The Morgan fingerprint density at radius 1 is 1.32 bits per heavy atom. The summed E-state index contributed by atoms with van der Waals surface area (Å²) >= 11 is 0. The Labute approximate surface area is 113 Å². The number of rotatable bonds is 3. The molecular formula is C14H20N2O3. The number of amides is 2. The molecule has 0 aliphatic carbocycles. The van der Waals surface area contributed by atoms with Crippen LogP contribution in [0.1, 0.15) is 25.8 Å². The van der Waals surface area contributed by atoms with Gasteiger partial charge in [-0.2, -0.15) is 0 Å². The largest absolute Gasteiger partial charge is 0.490 e. The minimum absolute atomic E-state index is 0.222. The Kier molecular flexibility index (Phi) is 3.83. The van der Waals surface area contributed by atoms with E-state index in [4.69, 9.17) is 15.2 Å². The van der Waals surface area contributed by atoms with Gasteiger partial charge in [0.1, 0.15) is 0 Å². The quantitative estimate of drug-likeness (QED) is 0.874. The molecule has 0 atom stereocenters. The molecule has 2 rings (SSSR count). The van der Waals surface area contributed by atoms with Crippen LogP contribution in [0.2, 0.25) is 0 Å². The van der Waals surface area contributed by atoms with E-state index >= 15 is 0 Å². The molecule has 1 aliphatic heterocycles. The lowest BCUT2D eigenvalue weighted by molar-refractivity contribution is 0.246. The molecule has 0 fully saturated rings. The molecular weight excluding hydrogens is 244 g/mol. The molecule has 1 aliphatic rings. The summed E-state index contributed by atoms with van der Waals surface area (Å²) in [5, 5.41) is 2.64. The van der Waals surface area contributed by atoms with E-state index in [1.807, 2.05) is 32.0 Å². The van der Waals surface area contributed by atoms with Crippen LogP contribution in [-0.2, 0) is 5.41 Å². The molecule has 1 heterocycles. The second kappa shape index (κ2) is 5.38. The molecule has 19 heavy (non-hydrogen) atoms. The van der Waals surface area contributed by atoms with Crippen molar-refractivity contribution in [3.8, 4) is 11.5 Å². The molecule has 2 amide bonds. The van der Waals surface area contributed by atoms with Gasteiger partial charge in [0, 0.05) is 18.4 Å². The summed E-state index contributed by atoms with van der Waals surface area (Å²) < 4.78 is 11.3. The Morgan fingerprint density at radius 3 is 2.68 bits per heavy atom. The predicted molar refractivity (Wildman–Crippen MR) is 72.7 cm³/mol. The third kappa shape index (κ3) is 3.30. The SMILES string of the molecule is CC(C)(CNC(N)=O)c1ccc2c(c1)OCCCO2. The average Bonchev–Trinajstić information content (AvgIpc) is 2.60. The van der Waals surface area contributed by atoms with Crippen LogP contribution in [0.3, 0.4) is 0 Å². The summed E-state index contributed by atoms with van der Waals surface area (Å²) in [5.41, 5.74) is 5.97. The second-order valence-corrected chi connectivity index (χ2v) is 5.31. The highest BCUT2D eigenvalue weighted by molar-refractivity contribution is 5.71. The van der Waals surface area contributed by atoms with Crippen molar-refractivity contribution < 1.29 is 14.3 Å². The van der Waals surface area contributed by atoms with Gasteiger partial charge in [0.25, 0.3) is 0 Å². The van der Waals surface area contributed by atoms with E-state index in [-0.39, 0.29) is 5.41 Å². The average molecular weight is 264 g/mol. The molecule has 0 saturated carbocycles. The number of nitrogens with one attached hydrogen (secondary N) is 1. The van der Waals surface area contributed by atoms with Gasteiger partial charge in [-0.25, -0.2) is 4.79 Å². The summed E-state index contributed by atoms with van der Waals surface area (Å²) in [6, 6.07) is 5.38. The van der Waals surface area contributed by atoms with E-state index in [0.29, 0.717) is 19.8 Å². The Balaban J connectivity index is 2.20. The first kappa shape index (κ1) is 13.5. The van der Waals surface area contributed by atoms with Crippen molar-refractivity contribution in [2.24, 2.45) is 5.73 Å². The van der Waals surface area contributed by atoms with Gasteiger partial charge in [0.15, 0.2) is 11.5 Å². The van der Waals surface area contributed by atoms with Crippen LogP contribution in [0.5, 0.6) is 11.5 Å². The van der Waals surface area contributed by atoms with Crippen LogP contribution < -0.4 is 20.5 Å². The van der Waals surface area contributed by atoms with Gasteiger partial charge in [0.05, 0.1) is 13.2 Å². The van der Waals surface area contributed by atoms with E-state index in [1.165, 1.54) is 0 Å². The van der Waals surface area contributed by atoms with Gasteiger partial charge in [-0.1, -0.05) is 19.9 Å². The van der Waals surface area contributed by atoms with Crippen LogP contribution in [-0.4, -0.2) is 25.8 Å². The number of nitrogens with two attached hydrogens (primary N) is 1. The first-order valence-corrected chi connectivity index (χ1v) is 6.42. The van der Waals surface area contributed by atoms with Gasteiger partial charge in [-0.05, 0) is 17.7 Å². The number of hydrogen-bond donors (Lipinski definition) is 2. The zero-order valence-electron chi connectivity index (χ0n) is 11.4. The van der Waals surface area contributed by atoms with Crippen molar-refractivity contribution in [3.63, 3.8) is 0 Å². The van der Waals surface area contributed by atoms with E-state index < -0.39 is 6.03 Å².